The van der Waals surface area contributed by atoms with Crippen LogP contribution >= 0.6 is 11.3 Å². The van der Waals surface area contributed by atoms with Gasteiger partial charge in [-0.1, -0.05) is 6.07 Å². The summed E-state index contributed by atoms with van der Waals surface area (Å²) in [5.74, 6) is 1.34. The highest BCUT2D eigenvalue weighted by Gasteiger charge is 2.16. The first-order chi connectivity index (χ1) is 8.26. The first-order valence-corrected chi connectivity index (χ1v) is 6.07. The van der Waals surface area contributed by atoms with Gasteiger partial charge >= 0.3 is 0 Å². The molecule has 1 atom stereocenters. The summed E-state index contributed by atoms with van der Waals surface area (Å²) in [6.07, 6.45) is -0.657. The fourth-order valence-electron chi connectivity index (χ4n) is 1.64. The zero-order valence-corrected chi connectivity index (χ0v) is 10.5. The summed E-state index contributed by atoms with van der Waals surface area (Å²) in [7, 11) is 3.18. The predicted octanol–water partition coefficient (Wildman–Crippen LogP) is 2.85. The van der Waals surface area contributed by atoms with Crippen LogP contribution in [0.1, 0.15) is 16.5 Å². The van der Waals surface area contributed by atoms with Crippen molar-refractivity contribution >= 4 is 11.3 Å². The molecule has 0 bridgehead atoms. The second kappa shape index (κ2) is 5.21. The number of thiophene rings is 1. The van der Waals surface area contributed by atoms with E-state index in [-0.39, 0.29) is 0 Å². The molecule has 1 unspecified atom stereocenters. The highest BCUT2D eigenvalue weighted by molar-refractivity contribution is 7.10. The fourth-order valence-corrected chi connectivity index (χ4v) is 2.37. The van der Waals surface area contributed by atoms with E-state index in [1.165, 1.54) is 11.3 Å². The van der Waals surface area contributed by atoms with Gasteiger partial charge in [0.15, 0.2) is 0 Å². The van der Waals surface area contributed by atoms with Crippen molar-refractivity contribution in [3.63, 3.8) is 0 Å². The van der Waals surface area contributed by atoms with Crippen LogP contribution in [0.15, 0.2) is 35.7 Å². The van der Waals surface area contributed by atoms with Crippen molar-refractivity contribution in [1.82, 2.24) is 0 Å². The standard InChI is InChI=1S/C13H14O3S/c1-15-9-5-6-10(11(8-9)16-2)13(14)12-4-3-7-17-12/h3-8,13-14H,1-2H3. The van der Waals surface area contributed by atoms with Crippen LogP contribution < -0.4 is 9.47 Å². The van der Waals surface area contributed by atoms with Gasteiger partial charge in [0, 0.05) is 16.5 Å². The molecule has 0 aliphatic carbocycles. The molecule has 0 fully saturated rings. The zero-order chi connectivity index (χ0) is 12.3. The van der Waals surface area contributed by atoms with E-state index in [0.29, 0.717) is 11.5 Å². The Balaban J connectivity index is 2.38. The molecule has 4 heteroatoms. The van der Waals surface area contributed by atoms with Gasteiger partial charge in [0.2, 0.25) is 0 Å². The molecule has 2 aromatic rings. The van der Waals surface area contributed by atoms with Crippen molar-refractivity contribution in [1.29, 1.82) is 0 Å². The second-order valence-corrected chi connectivity index (χ2v) is 4.51. The maximum atomic E-state index is 10.2. The van der Waals surface area contributed by atoms with E-state index in [4.69, 9.17) is 9.47 Å². The second-order valence-electron chi connectivity index (χ2n) is 3.53. The molecule has 0 saturated carbocycles. The van der Waals surface area contributed by atoms with Crippen molar-refractivity contribution < 1.29 is 14.6 Å². The molecular weight excluding hydrogens is 236 g/mol. The van der Waals surface area contributed by atoms with Crippen LogP contribution in [0.5, 0.6) is 11.5 Å². The summed E-state index contributed by atoms with van der Waals surface area (Å²) in [5, 5.41) is 12.2. The predicted molar refractivity (Wildman–Crippen MR) is 67.9 cm³/mol. The molecule has 0 spiro atoms. The van der Waals surface area contributed by atoms with Crippen LogP contribution in [0.2, 0.25) is 0 Å². The highest BCUT2D eigenvalue weighted by Crippen LogP contribution is 2.34. The third-order valence-electron chi connectivity index (χ3n) is 2.55. The number of hydrogen-bond donors (Lipinski definition) is 1. The minimum atomic E-state index is -0.657. The molecule has 1 N–H and O–H groups in total. The van der Waals surface area contributed by atoms with Gasteiger partial charge in [0.25, 0.3) is 0 Å². The Morgan fingerprint density at radius 1 is 1.18 bits per heavy atom. The molecule has 0 aliphatic rings. The number of benzene rings is 1. The minimum Gasteiger partial charge on any atom is -0.497 e. The van der Waals surface area contributed by atoms with Gasteiger partial charge in [-0.15, -0.1) is 11.3 Å². The van der Waals surface area contributed by atoms with E-state index in [1.54, 1.807) is 20.3 Å². The smallest absolute Gasteiger partial charge is 0.128 e. The van der Waals surface area contributed by atoms with E-state index in [2.05, 4.69) is 0 Å². The van der Waals surface area contributed by atoms with E-state index in [1.807, 2.05) is 29.6 Å². The van der Waals surface area contributed by atoms with Crippen LogP contribution in [-0.2, 0) is 0 Å². The Bertz CT molecular complexity index is 479. The lowest BCUT2D eigenvalue weighted by atomic mass is 10.1. The summed E-state index contributed by atoms with van der Waals surface area (Å²) in [6.45, 7) is 0. The molecule has 2 rings (SSSR count). The minimum absolute atomic E-state index is 0.630. The Labute approximate surface area is 104 Å². The molecule has 1 aromatic heterocycles. The number of ether oxygens (including phenoxy) is 2. The van der Waals surface area contributed by atoms with Crippen molar-refractivity contribution in [2.45, 2.75) is 6.10 Å². The Hall–Kier alpha value is -1.52. The number of rotatable bonds is 4. The average Bonchev–Trinajstić information content (AvgIpc) is 2.91. The summed E-state index contributed by atoms with van der Waals surface area (Å²) in [6, 6.07) is 9.22. The lowest BCUT2D eigenvalue weighted by Gasteiger charge is -2.14. The first-order valence-electron chi connectivity index (χ1n) is 5.19. The first kappa shape index (κ1) is 12.0. The molecule has 17 heavy (non-hydrogen) atoms. The SMILES string of the molecule is COc1ccc(C(O)c2cccs2)c(OC)c1. The number of aliphatic hydroxyl groups is 1. The molecule has 0 amide bonds. The van der Waals surface area contributed by atoms with Gasteiger partial charge in [-0.05, 0) is 23.6 Å². The molecule has 0 saturated heterocycles. The van der Waals surface area contributed by atoms with Gasteiger partial charge < -0.3 is 14.6 Å². The van der Waals surface area contributed by atoms with Gasteiger partial charge in [-0.2, -0.15) is 0 Å². The normalized spacial score (nSPS) is 12.2. The molecule has 1 aromatic carbocycles. The molecular formula is C13H14O3S. The van der Waals surface area contributed by atoms with Gasteiger partial charge in [0.1, 0.15) is 17.6 Å². The quantitative estimate of drug-likeness (QED) is 0.906. The van der Waals surface area contributed by atoms with Crippen LogP contribution in [-0.4, -0.2) is 19.3 Å². The zero-order valence-electron chi connectivity index (χ0n) is 9.71. The van der Waals surface area contributed by atoms with E-state index in [0.717, 1.165) is 10.4 Å². The Morgan fingerprint density at radius 3 is 2.59 bits per heavy atom. The van der Waals surface area contributed by atoms with Crippen LogP contribution in [0.4, 0.5) is 0 Å². The van der Waals surface area contributed by atoms with Crippen molar-refractivity contribution in [2.75, 3.05) is 14.2 Å². The summed E-state index contributed by atoms with van der Waals surface area (Å²) >= 11 is 1.52. The van der Waals surface area contributed by atoms with Crippen molar-refractivity contribution in [3.05, 3.63) is 46.2 Å². The third-order valence-corrected chi connectivity index (χ3v) is 3.47. The monoisotopic (exact) mass is 250 g/mol. The molecule has 1 heterocycles. The Morgan fingerprint density at radius 2 is 2.00 bits per heavy atom. The van der Waals surface area contributed by atoms with Crippen LogP contribution in [0.25, 0.3) is 0 Å². The molecule has 90 valence electrons. The van der Waals surface area contributed by atoms with Gasteiger partial charge in [-0.25, -0.2) is 0 Å². The number of methoxy groups -OCH3 is 2. The van der Waals surface area contributed by atoms with Gasteiger partial charge in [0.05, 0.1) is 14.2 Å². The van der Waals surface area contributed by atoms with Crippen LogP contribution in [0, 0.1) is 0 Å². The van der Waals surface area contributed by atoms with E-state index >= 15 is 0 Å². The molecule has 0 radical (unpaired) electrons. The summed E-state index contributed by atoms with van der Waals surface area (Å²) < 4.78 is 10.4. The van der Waals surface area contributed by atoms with Crippen molar-refractivity contribution in [2.24, 2.45) is 0 Å². The fraction of sp³-hybridized carbons (Fsp3) is 0.231. The number of aliphatic hydroxyl groups excluding tert-OH is 1. The van der Waals surface area contributed by atoms with Crippen molar-refractivity contribution in [3.8, 4) is 11.5 Å². The third kappa shape index (κ3) is 2.43. The largest absolute Gasteiger partial charge is 0.497 e. The molecule has 3 nitrogen and oxygen atoms in total. The topological polar surface area (TPSA) is 38.7 Å². The highest BCUT2D eigenvalue weighted by atomic mass is 32.1. The lowest BCUT2D eigenvalue weighted by Crippen LogP contribution is -2.01. The average molecular weight is 250 g/mol. The van der Waals surface area contributed by atoms with E-state index in [9.17, 15) is 5.11 Å². The lowest BCUT2D eigenvalue weighted by molar-refractivity contribution is 0.218. The van der Waals surface area contributed by atoms with E-state index < -0.39 is 6.10 Å². The summed E-state index contributed by atoms with van der Waals surface area (Å²) in [4.78, 5) is 0.897. The summed E-state index contributed by atoms with van der Waals surface area (Å²) in [5.41, 5.74) is 0.746. The molecule has 0 aliphatic heterocycles. The Kier molecular flexibility index (Phi) is 3.66. The van der Waals surface area contributed by atoms with Crippen LogP contribution in [0.3, 0.4) is 0 Å². The maximum Gasteiger partial charge on any atom is 0.128 e. The number of hydrogen-bond acceptors (Lipinski definition) is 4. The van der Waals surface area contributed by atoms with Gasteiger partial charge in [-0.3, -0.25) is 0 Å². The maximum absolute atomic E-state index is 10.2.